The second-order valence-corrected chi connectivity index (χ2v) is 13.3. The quantitative estimate of drug-likeness (QED) is 0.184. The number of oxazole rings is 1. The number of fused-ring (bicyclic) bond motifs is 5. The number of hydrogen-bond donors (Lipinski definition) is 0. The molecular weight excluding hydrogens is 633 g/mol. The summed E-state index contributed by atoms with van der Waals surface area (Å²) < 4.78 is 8.86. The van der Waals surface area contributed by atoms with Gasteiger partial charge in [0.2, 0.25) is 5.89 Å². The Hall–Kier alpha value is -6.50. The topological polar surface area (TPSA) is 64.7 Å². The van der Waals surface area contributed by atoms with Crippen molar-refractivity contribution in [2.24, 2.45) is 0 Å². The molecule has 3 aromatic heterocycles. The van der Waals surface area contributed by atoms with E-state index in [4.69, 9.17) is 24.4 Å². The maximum atomic E-state index is 6.45. The SMILES string of the molecule is c1ccc(-c2nc(-c3ccccc3)nc(-c3cccc4cc(-c5c6nc(-c7ccccc7)oc6cc6sc7ccccc7c56)ccc34)n2)cc1. The number of aromatic nitrogens is 4. The Balaban J connectivity index is 1.19. The van der Waals surface area contributed by atoms with Gasteiger partial charge >= 0.3 is 0 Å². The fraction of sp³-hybridized carbons (Fsp3) is 0. The van der Waals surface area contributed by atoms with Crippen LogP contribution in [0.1, 0.15) is 0 Å². The summed E-state index contributed by atoms with van der Waals surface area (Å²) in [6.07, 6.45) is 0. The fourth-order valence-electron chi connectivity index (χ4n) is 6.82. The van der Waals surface area contributed by atoms with Crippen LogP contribution in [0, 0.1) is 0 Å². The van der Waals surface area contributed by atoms with E-state index in [1.807, 2.05) is 91.0 Å². The van der Waals surface area contributed by atoms with Gasteiger partial charge in [0.15, 0.2) is 23.1 Å². The molecule has 0 unspecified atom stereocenters. The highest BCUT2D eigenvalue weighted by atomic mass is 32.1. The Morgan fingerprint density at radius 1 is 0.440 bits per heavy atom. The number of thiophene rings is 1. The summed E-state index contributed by atoms with van der Waals surface area (Å²) in [7, 11) is 0. The van der Waals surface area contributed by atoms with Crippen molar-refractivity contribution in [2.75, 3.05) is 0 Å². The minimum absolute atomic E-state index is 0.616. The Bertz CT molecular complexity index is 2810. The van der Waals surface area contributed by atoms with Gasteiger partial charge in [0.05, 0.1) is 0 Å². The van der Waals surface area contributed by atoms with Crippen molar-refractivity contribution >= 4 is 53.4 Å². The number of nitrogens with zero attached hydrogens (tertiary/aromatic N) is 4. The van der Waals surface area contributed by atoms with E-state index >= 15 is 0 Å². The Morgan fingerprint density at radius 2 is 1.08 bits per heavy atom. The van der Waals surface area contributed by atoms with Crippen molar-refractivity contribution in [3.63, 3.8) is 0 Å². The molecule has 0 N–H and O–H groups in total. The molecule has 0 radical (unpaired) electrons. The van der Waals surface area contributed by atoms with Gasteiger partial charge in [-0.1, -0.05) is 127 Å². The molecule has 0 fully saturated rings. The molecule has 0 atom stereocenters. The van der Waals surface area contributed by atoms with E-state index in [-0.39, 0.29) is 0 Å². The average Bonchev–Trinajstić information content (AvgIpc) is 3.79. The monoisotopic (exact) mass is 658 g/mol. The lowest BCUT2D eigenvalue weighted by Crippen LogP contribution is -2.00. The first-order valence-corrected chi connectivity index (χ1v) is 17.3. The van der Waals surface area contributed by atoms with Crippen LogP contribution in [-0.4, -0.2) is 19.9 Å². The van der Waals surface area contributed by atoms with E-state index in [1.54, 1.807) is 11.3 Å². The van der Waals surface area contributed by atoms with Crippen molar-refractivity contribution < 1.29 is 4.42 Å². The highest BCUT2D eigenvalue weighted by Gasteiger charge is 2.21. The van der Waals surface area contributed by atoms with E-state index in [1.165, 1.54) is 20.2 Å². The van der Waals surface area contributed by atoms with Crippen LogP contribution >= 0.6 is 11.3 Å². The molecule has 0 amide bonds. The predicted octanol–water partition coefficient (Wildman–Crippen LogP) is 11.9. The molecule has 10 rings (SSSR count). The normalized spacial score (nSPS) is 11.6. The van der Waals surface area contributed by atoms with Crippen molar-refractivity contribution in [3.8, 4) is 56.7 Å². The first-order valence-electron chi connectivity index (χ1n) is 16.5. The maximum Gasteiger partial charge on any atom is 0.227 e. The van der Waals surface area contributed by atoms with Gasteiger partial charge < -0.3 is 4.42 Å². The number of benzene rings is 7. The maximum absolute atomic E-state index is 6.45. The van der Waals surface area contributed by atoms with Gasteiger partial charge in [0.1, 0.15) is 5.52 Å². The molecule has 0 spiro atoms. The van der Waals surface area contributed by atoms with E-state index in [9.17, 15) is 0 Å². The third-order valence-electron chi connectivity index (χ3n) is 9.16. The van der Waals surface area contributed by atoms with Gasteiger partial charge in [-0.05, 0) is 40.6 Å². The van der Waals surface area contributed by atoms with Crippen molar-refractivity contribution in [1.29, 1.82) is 0 Å². The standard InChI is InChI=1S/C44H26N4OS/c1-4-13-27(14-5-1)41-46-42(28-15-6-2-7-16-28)48-43(47-41)33-21-12-19-30-25-31(23-24-32(30)33)38-39-34-20-10-11-22-36(34)50-37(39)26-35-40(38)45-44(49-35)29-17-8-3-9-18-29/h1-26H. The predicted molar refractivity (Wildman–Crippen MR) is 205 cm³/mol. The van der Waals surface area contributed by atoms with Crippen LogP contribution in [0.25, 0.3) is 98.8 Å². The first-order chi connectivity index (χ1) is 24.8. The molecule has 0 bridgehead atoms. The lowest BCUT2D eigenvalue weighted by Gasteiger charge is -2.12. The van der Waals surface area contributed by atoms with Crippen LogP contribution in [0.2, 0.25) is 0 Å². The van der Waals surface area contributed by atoms with Crippen LogP contribution < -0.4 is 0 Å². The molecule has 0 saturated heterocycles. The molecule has 7 aromatic carbocycles. The zero-order valence-corrected chi connectivity index (χ0v) is 27.4. The Labute approximate surface area is 291 Å². The summed E-state index contributed by atoms with van der Waals surface area (Å²) in [5.41, 5.74) is 7.57. The molecule has 6 heteroatoms. The average molecular weight is 659 g/mol. The van der Waals surface area contributed by atoms with E-state index in [0.29, 0.717) is 23.4 Å². The third-order valence-corrected chi connectivity index (χ3v) is 10.3. The van der Waals surface area contributed by atoms with E-state index in [0.717, 1.165) is 55.3 Å². The second kappa shape index (κ2) is 11.6. The van der Waals surface area contributed by atoms with Gasteiger partial charge in [-0.15, -0.1) is 11.3 Å². The minimum Gasteiger partial charge on any atom is -0.436 e. The summed E-state index contributed by atoms with van der Waals surface area (Å²) >= 11 is 1.78. The Morgan fingerprint density at radius 3 is 1.80 bits per heavy atom. The molecule has 234 valence electrons. The smallest absolute Gasteiger partial charge is 0.227 e. The molecule has 50 heavy (non-hydrogen) atoms. The number of rotatable bonds is 5. The third kappa shape index (κ3) is 4.77. The molecule has 5 nitrogen and oxygen atoms in total. The van der Waals surface area contributed by atoms with Crippen LogP contribution in [0.5, 0.6) is 0 Å². The lowest BCUT2D eigenvalue weighted by atomic mass is 9.94. The van der Waals surface area contributed by atoms with Crippen LogP contribution in [0.4, 0.5) is 0 Å². The summed E-state index contributed by atoms with van der Waals surface area (Å²) in [5, 5.41) is 4.55. The van der Waals surface area contributed by atoms with Crippen molar-refractivity contribution in [3.05, 3.63) is 158 Å². The molecule has 3 heterocycles. The van der Waals surface area contributed by atoms with Crippen LogP contribution in [0.15, 0.2) is 162 Å². The van der Waals surface area contributed by atoms with Gasteiger partial charge in [0.25, 0.3) is 0 Å². The first kappa shape index (κ1) is 28.5. The van der Waals surface area contributed by atoms with Gasteiger partial charge in [-0.25, -0.2) is 19.9 Å². The molecular formula is C44H26N4OS. The van der Waals surface area contributed by atoms with Gasteiger partial charge in [-0.3, -0.25) is 0 Å². The Kier molecular flexibility index (Phi) is 6.60. The second-order valence-electron chi connectivity index (χ2n) is 12.2. The molecule has 0 saturated carbocycles. The minimum atomic E-state index is 0.616. The zero-order valence-electron chi connectivity index (χ0n) is 26.6. The van der Waals surface area contributed by atoms with Crippen molar-refractivity contribution in [2.45, 2.75) is 0 Å². The summed E-state index contributed by atoms with van der Waals surface area (Å²) in [4.78, 5) is 20.1. The van der Waals surface area contributed by atoms with E-state index in [2.05, 4.69) is 66.7 Å². The largest absolute Gasteiger partial charge is 0.436 e. The van der Waals surface area contributed by atoms with Crippen LogP contribution in [0.3, 0.4) is 0 Å². The molecule has 0 aliphatic carbocycles. The van der Waals surface area contributed by atoms with Crippen molar-refractivity contribution in [1.82, 2.24) is 19.9 Å². The van der Waals surface area contributed by atoms with Gasteiger partial charge in [-0.2, -0.15) is 0 Å². The lowest BCUT2D eigenvalue weighted by molar-refractivity contribution is 0.620. The molecule has 0 aliphatic rings. The van der Waals surface area contributed by atoms with Gasteiger partial charge in [0, 0.05) is 54.1 Å². The zero-order chi connectivity index (χ0) is 33.0. The highest BCUT2D eigenvalue weighted by molar-refractivity contribution is 7.26. The fourth-order valence-corrected chi connectivity index (χ4v) is 7.96. The summed E-state index contributed by atoms with van der Waals surface area (Å²) in [6, 6.07) is 54.0. The molecule has 10 aromatic rings. The molecule has 0 aliphatic heterocycles. The summed E-state index contributed by atoms with van der Waals surface area (Å²) in [5.74, 6) is 2.53. The summed E-state index contributed by atoms with van der Waals surface area (Å²) in [6.45, 7) is 0. The highest BCUT2D eigenvalue weighted by Crippen LogP contribution is 2.45. The van der Waals surface area contributed by atoms with E-state index < -0.39 is 0 Å². The number of hydrogen-bond acceptors (Lipinski definition) is 6. The van der Waals surface area contributed by atoms with Crippen LogP contribution in [-0.2, 0) is 0 Å².